The van der Waals surface area contributed by atoms with Gasteiger partial charge in [0, 0.05) is 31.5 Å². The average Bonchev–Trinajstić information content (AvgIpc) is 2.27. The molecule has 0 aliphatic heterocycles. The molecule has 0 amide bonds. The number of aliphatic hydroxyl groups excluding tert-OH is 1. The van der Waals surface area contributed by atoms with Gasteiger partial charge in [-0.1, -0.05) is 0 Å². The molecule has 0 aliphatic carbocycles. The summed E-state index contributed by atoms with van der Waals surface area (Å²) in [6, 6.07) is 4.05. The van der Waals surface area contributed by atoms with Crippen molar-refractivity contribution in [2.24, 2.45) is 0 Å². The lowest BCUT2D eigenvalue weighted by Gasteiger charge is -2.17. The molecule has 96 valence electrons. The third-order valence-corrected chi connectivity index (χ3v) is 2.56. The van der Waals surface area contributed by atoms with E-state index in [1.165, 1.54) is 0 Å². The Balaban J connectivity index is 2.46. The smallest absolute Gasteiger partial charge is 0.0564 e. The lowest BCUT2D eigenvalue weighted by atomic mass is 10.2. The molecule has 0 radical (unpaired) electrons. The number of aliphatic hydroxyl groups is 1. The van der Waals surface area contributed by atoms with Gasteiger partial charge in [0.1, 0.15) is 0 Å². The zero-order valence-corrected chi connectivity index (χ0v) is 11.0. The van der Waals surface area contributed by atoms with Crippen LogP contribution in [-0.4, -0.2) is 41.2 Å². The molecule has 1 rings (SSSR count). The second-order valence-corrected chi connectivity index (χ2v) is 4.44. The van der Waals surface area contributed by atoms with E-state index in [1.807, 2.05) is 26.2 Å². The van der Waals surface area contributed by atoms with Crippen LogP contribution < -0.4 is 5.32 Å². The van der Waals surface area contributed by atoms with Crippen molar-refractivity contribution in [1.82, 2.24) is 9.88 Å². The van der Waals surface area contributed by atoms with Gasteiger partial charge in [-0.3, -0.25) is 4.98 Å². The standard InChI is InChI=1S/C13H23N3O/c1-4-14-12-5-7-15-13(9-12)10-16(3)8-6-11(2)17/h5,7,9,11,17H,4,6,8,10H2,1-3H3,(H,14,15). The number of nitrogens with zero attached hydrogens (tertiary/aromatic N) is 2. The summed E-state index contributed by atoms with van der Waals surface area (Å²) in [5.74, 6) is 0. The Morgan fingerprint density at radius 3 is 2.94 bits per heavy atom. The zero-order chi connectivity index (χ0) is 12.7. The van der Waals surface area contributed by atoms with Gasteiger partial charge in [0.05, 0.1) is 11.8 Å². The summed E-state index contributed by atoms with van der Waals surface area (Å²) in [6.45, 7) is 6.50. The van der Waals surface area contributed by atoms with E-state index in [4.69, 9.17) is 0 Å². The molecule has 1 aromatic rings. The van der Waals surface area contributed by atoms with Crippen molar-refractivity contribution in [3.05, 3.63) is 24.0 Å². The summed E-state index contributed by atoms with van der Waals surface area (Å²) in [4.78, 5) is 6.52. The highest BCUT2D eigenvalue weighted by Crippen LogP contribution is 2.09. The molecule has 1 heterocycles. The first-order chi connectivity index (χ1) is 8.11. The number of aromatic nitrogens is 1. The van der Waals surface area contributed by atoms with E-state index >= 15 is 0 Å². The molecule has 0 aromatic carbocycles. The quantitative estimate of drug-likeness (QED) is 0.758. The van der Waals surface area contributed by atoms with Gasteiger partial charge in [0.25, 0.3) is 0 Å². The van der Waals surface area contributed by atoms with Gasteiger partial charge in [-0.15, -0.1) is 0 Å². The van der Waals surface area contributed by atoms with Crippen LogP contribution in [0.2, 0.25) is 0 Å². The van der Waals surface area contributed by atoms with Crippen molar-refractivity contribution in [3.63, 3.8) is 0 Å². The molecule has 0 saturated heterocycles. The third-order valence-electron chi connectivity index (χ3n) is 2.56. The molecule has 1 atom stereocenters. The predicted molar refractivity (Wildman–Crippen MR) is 71.0 cm³/mol. The minimum atomic E-state index is -0.237. The summed E-state index contributed by atoms with van der Waals surface area (Å²) in [6.07, 6.45) is 2.39. The van der Waals surface area contributed by atoms with Crippen molar-refractivity contribution in [2.45, 2.75) is 32.9 Å². The zero-order valence-electron chi connectivity index (χ0n) is 11.0. The van der Waals surface area contributed by atoms with Crippen LogP contribution in [0.4, 0.5) is 5.69 Å². The Bertz CT molecular complexity index is 328. The summed E-state index contributed by atoms with van der Waals surface area (Å²) < 4.78 is 0. The highest BCUT2D eigenvalue weighted by molar-refractivity contribution is 5.42. The fourth-order valence-corrected chi connectivity index (χ4v) is 1.64. The maximum Gasteiger partial charge on any atom is 0.0564 e. The Labute approximate surface area is 104 Å². The molecule has 1 aromatic heterocycles. The van der Waals surface area contributed by atoms with Gasteiger partial charge in [-0.25, -0.2) is 0 Å². The van der Waals surface area contributed by atoms with E-state index in [0.29, 0.717) is 0 Å². The lowest BCUT2D eigenvalue weighted by molar-refractivity contribution is 0.162. The van der Waals surface area contributed by atoms with E-state index in [-0.39, 0.29) is 6.10 Å². The summed E-state index contributed by atoms with van der Waals surface area (Å²) >= 11 is 0. The Hall–Kier alpha value is -1.13. The largest absolute Gasteiger partial charge is 0.393 e. The Morgan fingerprint density at radius 1 is 1.53 bits per heavy atom. The minimum absolute atomic E-state index is 0.237. The van der Waals surface area contributed by atoms with Gasteiger partial charge in [0.2, 0.25) is 0 Å². The lowest BCUT2D eigenvalue weighted by Crippen LogP contribution is -2.22. The molecule has 0 bridgehead atoms. The number of hydrogen-bond acceptors (Lipinski definition) is 4. The first-order valence-electron chi connectivity index (χ1n) is 6.17. The maximum atomic E-state index is 9.23. The third kappa shape index (κ3) is 5.65. The molecule has 0 spiro atoms. The molecular weight excluding hydrogens is 214 g/mol. The van der Waals surface area contributed by atoms with Crippen molar-refractivity contribution < 1.29 is 5.11 Å². The summed E-state index contributed by atoms with van der Waals surface area (Å²) in [5.41, 5.74) is 2.16. The predicted octanol–water partition coefficient (Wildman–Crippen LogP) is 1.72. The van der Waals surface area contributed by atoms with E-state index < -0.39 is 0 Å². The SMILES string of the molecule is CCNc1ccnc(CN(C)CCC(C)O)c1. The maximum absolute atomic E-state index is 9.23. The monoisotopic (exact) mass is 237 g/mol. The van der Waals surface area contributed by atoms with Gasteiger partial charge >= 0.3 is 0 Å². The minimum Gasteiger partial charge on any atom is -0.393 e. The van der Waals surface area contributed by atoms with Crippen LogP contribution in [0.25, 0.3) is 0 Å². The van der Waals surface area contributed by atoms with Gasteiger partial charge in [0.15, 0.2) is 0 Å². The van der Waals surface area contributed by atoms with Gasteiger partial charge in [-0.05, 0) is 39.4 Å². The van der Waals surface area contributed by atoms with Crippen molar-refractivity contribution in [2.75, 3.05) is 25.5 Å². The van der Waals surface area contributed by atoms with Crippen LogP contribution in [0.3, 0.4) is 0 Å². The summed E-state index contributed by atoms with van der Waals surface area (Å²) in [5, 5.41) is 12.5. The second-order valence-electron chi connectivity index (χ2n) is 4.44. The van der Waals surface area contributed by atoms with Gasteiger partial charge < -0.3 is 15.3 Å². The number of pyridine rings is 1. The van der Waals surface area contributed by atoms with Crippen molar-refractivity contribution in [1.29, 1.82) is 0 Å². The first-order valence-corrected chi connectivity index (χ1v) is 6.17. The Kier molecular flexibility index (Phi) is 5.94. The van der Waals surface area contributed by atoms with Crippen LogP contribution in [-0.2, 0) is 6.54 Å². The molecule has 0 aliphatic rings. The van der Waals surface area contributed by atoms with E-state index in [0.717, 1.165) is 37.4 Å². The number of rotatable bonds is 7. The fraction of sp³-hybridized carbons (Fsp3) is 0.615. The molecule has 0 fully saturated rings. The molecule has 4 heteroatoms. The molecule has 17 heavy (non-hydrogen) atoms. The normalized spacial score (nSPS) is 12.8. The first kappa shape index (κ1) is 13.9. The van der Waals surface area contributed by atoms with Gasteiger partial charge in [-0.2, -0.15) is 0 Å². The van der Waals surface area contributed by atoms with E-state index in [2.05, 4.69) is 28.2 Å². The van der Waals surface area contributed by atoms with Crippen LogP contribution >= 0.6 is 0 Å². The number of hydrogen-bond donors (Lipinski definition) is 2. The Morgan fingerprint density at radius 2 is 2.29 bits per heavy atom. The van der Waals surface area contributed by atoms with Crippen molar-refractivity contribution >= 4 is 5.69 Å². The fourth-order valence-electron chi connectivity index (χ4n) is 1.64. The molecule has 4 nitrogen and oxygen atoms in total. The molecule has 0 saturated carbocycles. The number of anilines is 1. The topological polar surface area (TPSA) is 48.4 Å². The van der Waals surface area contributed by atoms with E-state index in [9.17, 15) is 5.11 Å². The molecule has 2 N–H and O–H groups in total. The highest BCUT2D eigenvalue weighted by Gasteiger charge is 2.04. The number of nitrogens with one attached hydrogen (secondary N) is 1. The van der Waals surface area contributed by atoms with Crippen LogP contribution in [0.5, 0.6) is 0 Å². The van der Waals surface area contributed by atoms with E-state index in [1.54, 1.807) is 0 Å². The van der Waals surface area contributed by atoms with Crippen LogP contribution in [0.1, 0.15) is 26.0 Å². The van der Waals surface area contributed by atoms with Crippen LogP contribution in [0, 0.1) is 0 Å². The summed E-state index contributed by atoms with van der Waals surface area (Å²) in [7, 11) is 2.05. The molecular formula is C13H23N3O. The van der Waals surface area contributed by atoms with Crippen molar-refractivity contribution in [3.8, 4) is 0 Å². The molecule has 1 unspecified atom stereocenters. The second kappa shape index (κ2) is 7.25. The average molecular weight is 237 g/mol. The van der Waals surface area contributed by atoms with Crippen LogP contribution in [0.15, 0.2) is 18.3 Å². The highest BCUT2D eigenvalue weighted by atomic mass is 16.3.